The van der Waals surface area contributed by atoms with Crippen LogP contribution in [0.2, 0.25) is 5.02 Å². The van der Waals surface area contributed by atoms with Gasteiger partial charge in [0, 0.05) is 6.20 Å². The van der Waals surface area contributed by atoms with Gasteiger partial charge in [0.25, 0.3) is 6.43 Å². The van der Waals surface area contributed by atoms with E-state index in [0.29, 0.717) is 0 Å². The number of pyridine rings is 1. The summed E-state index contributed by atoms with van der Waals surface area (Å²) < 4.78 is 37.5. The molecule has 1 aromatic heterocycles. The fourth-order valence-electron chi connectivity index (χ4n) is 0.814. The molecule has 0 atom stereocenters. The van der Waals surface area contributed by atoms with E-state index in [4.69, 9.17) is 23.2 Å². The maximum absolute atomic E-state index is 13.1. The van der Waals surface area contributed by atoms with Gasteiger partial charge >= 0.3 is 0 Å². The Morgan fingerprint density at radius 1 is 1.46 bits per heavy atom. The average Bonchev–Trinajstić information content (AvgIpc) is 2.04. The summed E-state index contributed by atoms with van der Waals surface area (Å²) in [4.78, 5) is 3.47. The van der Waals surface area contributed by atoms with Crippen LogP contribution in [0.5, 0.6) is 0 Å². The zero-order valence-corrected chi connectivity index (χ0v) is 7.71. The Kier molecular flexibility index (Phi) is 3.39. The summed E-state index contributed by atoms with van der Waals surface area (Å²) >= 11 is 10.6. The first-order chi connectivity index (χ1) is 6.07. The van der Waals surface area contributed by atoms with Crippen LogP contribution in [-0.4, -0.2) is 4.98 Å². The summed E-state index contributed by atoms with van der Waals surface area (Å²) in [6.07, 6.45) is -2.00. The topological polar surface area (TPSA) is 12.9 Å². The molecule has 1 nitrogen and oxygen atoms in total. The largest absolute Gasteiger partial charge is 0.268 e. The molecule has 1 rings (SSSR count). The lowest BCUT2D eigenvalue weighted by molar-refractivity contribution is 0.146. The first-order valence-electron chi connectivity index (χ1n) is 3.24. The molecule has 0 amide bonds. The Hall–Kier alpha value is -0.480. The van der Waals surface area contributed by atoms with Crippen molar-refractivity contribution in [2.24, 2.45) is 0 Å². The van der Waals surface area contributed by atoms with Gasteiger partial charge < -0.3 is 0 Å². The molecule has 6 heteroatoms. The summed E-state index contributed by atoms with van der Waals surface area (Å²) in [5, 5.41) is -0.388. The Morgan fingerprint density at radius 2 is 2.08 bits per heavy atom. The Labute approximate surface area is 82.5 Å². The van der Waals surface area contributed by atoms with Crippen LogP contribution in [0.3, 0.4) is 0 Å². The van der Waals surface area contributed by atoms with Gasteiger partial charge in [0.05, 0.1) is 22.2 Å². The average molecular weight is 230 g/mol. The van der Waals surface area contributed by atoms with Gasteiger partial charge in [-0.2, -0.15) is 0 Å². The van der Waals surface area contributed by atoms with Crippen molar-refractivity contribution in [3.63, 3.8) is 0 Å². The molecule has 0 radical (unpaired) electrons. The minimum atomic E-state index is -2.96. The van der Waals surface area contributed by atoms with Crippen molar-refractivity contribution < 1.29 is 13.2 Å². The van der Waals surface area contributed by atoms with Gasteiger partial charge in [-0.1, -0.05) is 11.6 Å². The normalized spacial score (nSPS) is 10.9. The van der Waals surface area contributed by atoms with Crippen LogP contribution in [0.1, 0.15) is 17.7 Å². The van der Waals surface area contributed by atoms with Crippen LogP contribution >= 0.6 is 23.2 Å². The van der Waals surface area contributed by atoms with Crippen LogP contribution in [0.25, 0.3) is 0 Å². The Bertz CT molecular complexity index is 317. The Morgan fingerprint density at radius 3 is 2.54 bits per heavy atom. The minimum absolute atomic E-state index is 0.221. The molecular weight excluding hydrogens is 226 g/mol. The molecular formula is C7H4Cl2F3N. The predicted octanol–water partition coefficient (Wildman–Crippen LogP) is 3.55. The van der Waals surface area contributed by atoms with Gasteiger partial charge in [-0.25, -0.2) is 13.2 Å². The van der Waals surface area contributed by atoms with E-state index in [1.165, 1.54) is 0 Å². The van der Waals surface area contributed by atoms with E-state index in [1.807, 2.05) is 0 Å². The third-order valence-corrected chi connectivity index (χ3v) is 1.98. The van der Waals surface area contributed by atoms with Crippen molar-refractivity contribution in [3.05, 3.63) is 28.3 Å². The third kappa shape index (κ3) is 2.06. The highest BCUT2D eigenvalue weighted by molar-refractivity contribution is 6.31. The highest BCUT2D eigenvalue weighted by atomic mass is 35.5. The van der Waals surface area contributed by atoms with E-state index < -0.39 is 17.8 Å². The summed E-state index contributed by atoms with van der Waals surface area (Å²) in [6.45, 7) is 0. The zero-order chi connectivity index (χ0) is 10.0. The molecule has 0 bridgehead atoms. The van der Waals surface area contributed by atoms with E-state index in [9.17, 15) is 13.2 Å². The van der Waals surface area contributed by atoms with E-state index in [1.54, 1.807) is 0 Å². The molecule has 0 aliphatic carbocycles. The minimum Gasteiger partial charge on any atom is -0.255 e. The molecule has 0 saturated carbocycles. The summed E-state index contributed by atoms with van der Waals surface area (Å²) in [6, 6.07) is 0. The molecule has 0 N–H and O–H groups in total. The summed E-state index contributed by atoms with van der Waals surface area (Å²) in [7, 11) is 0. The van der Waals surface area contributed by atoms with E-state index in [2.05, 4.69) is 4.98 Å². The van der Waals surface area contributed by atoms with Gasteiger partial charge in [0.1, 0.15) is 0 Å². The molecule has 0 unspecified atom stereocenters. The standard InChI is InChI=1S/C7H4Cl2F3N/c8-1-4-6(10)5(7(11)12)3(9)2-13-4/h2,7H,1H2. The molecule has 0 fully saturated rings. The van der Waals surface area contributed by atoms with Crippen molar-refractivity contribution >= 4 is 23.2 Å². The van der Waals surface area contributed by atoms with Gasteiger partial charge in [-0.05, 0) is 0 Å². The molecule has 0 spiro atoms. The second-order valence-corrected chi connectivity index (χ2v) is 2.89. The van der Waals surface area contributed by atoms with Crippen LogP contribution in [-0.2, 0) is 5.88 Å². The second kappa shape index (κ2) is 4.15. The van der Waals surface area contributed by atoms with Crippen LogP contribution in [0.15, 0.2) is 6.20 Å². The van der Waals surface area contributed by atoms with Crippen molar-refractivity contribution in [1.29, 1.82) is 0 Å². The lowest BCUT2D eigenvalue weighted by Crippen LogP contribution is -1.99. The zero-order valence-electron chi connectivity index (χ0n) is 6.20. The summed E-state index contributed by atoms with van der Waals surface area (Å²) in [5.41, 5.74) is -1.06. The van der Waals surface area contributed by atoms with Crippen LogP contribution < -0.4 is 0 Å². The highest BCUT2D eigenvalue weighted by Crippen LogP contribution is 2.30. The van der Waals surface area contributed by atoms with Gasteiger partial charge in [-0.15, -0.1) is 11.6 Å². The molecule has 0 aromatic carbocycles. The van der Waals surface area contributed by atoms with Crippen LogP contribution in [0.4, 0.5) is 13.2 Å². The quantitative estimate of drug-likeness (QED) is 0.708. The monoisotopic (exact) mass is 229 g/mol. The van der Waals surface area contributed by atoms with Gasteiger partial charge in [0.15, 0.2) is 5.82 Å². The number of aromatic nitrogens is 1. The second-order valence-electron chi connectivity index (χ2n) is 2.21. The maximum atomic E-state index is 13.1. The van der Waals surface area contributed by atoms with E-state index in [-0.39, 0.29) is 16.6 Å². The molecule has 1 heterocycles. The van der Waals surface area contributed by atoms with Crippen molar-refractivity contribution in [1.82, 2.24) is 4.98 Å². The molecule has 0 aliphatic heterocycles. The predicted molar refractivity (Wildman–Crippen MR) is 43.7 cm³/mol. The van der Waals surface area contributed by atoms with Crippen LogP contribution in [0, 0.1) is 5.82 Å². The molecule has 0 aliphatic rings. The number of hydrogen-bond donors (Lipinski definition) is 0. The highest BCUT2D eigenvalue weighted by Gasteiger charge is 2.20. The number of hydrogen-bond acceptors (Lipinski definition) is 1. The fraction of sp³-hybridized carbons (Fsp3) is 0.286. The van der Waals surface area contributed by atoms with Gasteiger partial charge in [0.2, 0.25) is 0 Å². The fourth-order valence-corrected chi connectivity index (χ4v) is 1.21. The smallest absolute Gasteiger partial charge is 0.255 e. The molecule has 13 heavy (non-hydrogen) atoms. The van der Waals surface area contributed by atoms with Crippen molar-refractivity contribution in [3.8, 4) is 0 Å². The van der Waals surface area contributed by atoms with E-state index in [0.717, 1.165) is 6.20 Å². The first-order valence-corrected chi connectivity index (χ1v) is 4.16. The lowest BCUT2D eigenvalue weighted by atomic mass is 10.2. The lowest BCUT2D eigenvalue weighted by Gasteiger charge is -2.06. The summed E-state index contributed by atoms with van der Waals surface area (Å²) in [5.74, 6) is -1.39. The van der Waals surface area contributed by atoms with Crippen molar-refractivity contribution in [2.75, 3.05) is 0 Å². The maximum Gasteiger partial charge on any atom is 0.268 e. The first kappa shape index (κ1) is 10.6. The number of halogens is 5. The SMILES string of the molecule is Fc1c(CCl)ncc(Cl)c1C(F)F. The van der Waals surface area contributed by atoms with Gasteiger partial charge in [-0.3, -0.25) is 4.98 Å². The Balaban J connectivity index is 3.30. The molecule has 0 saturated heterocycles. The molecule has 72 valence electrons. The van der Waals surface area contributed by atoms with E-state index >= 15 is 0 Å². The molecule has 1 aromatic rings. The number of rotatable bonds is 2. The number of alkyl halides is 3. The number of nitrogens with zero attached hydrogens (tertiary/aromatic N) is 1. The third-order valence-electron chi connectivity index (χ3n) is 1.43. The van der Waals surface area contributed by atoms with Crippen molar-refractivity contribution in [2.45, 2.75) is 12.3 Å².